The van der Waals surface area contributed by atoms with Gasteiger partial charge in [-0.15, -0.1) is 11.3 Å². The minimum absolute atomic E-state index is 0.0611. The fraction of sp³-hybridized carbons (Fsp3) is 0.412. The monoisotopic (exact) mass is 321 g/mol. The molecule has 1 aromatic heterocycles. The molecular weight excluding hydrogens is 298 g/mol. The van der Waals surface area contributed by atoms with Gasteiger partial charge in [-0.3, -0.25) is 4.21 Å². The van der Waals surface area contributed by atoms with Crippen LogP contribution in [0.3, 0.4) is 0 Å². The van der Waals surface area contributed by atoms with E-state index in [2.05, 4.69) is 38.2 Å². The standard InChI is InChI=1S/C17H23NOS2/c1-4-18-16(14-9-6-5-7-10-14)17(13(2)3)21(19)15-11-8-12-20-15/h5-13,16-18H,4H2,1-3H3. The lowest BCUT2D eigenvalue weighted by Gasteiger charge is -2.30. The predicted octanol–water partition coefficient (Wildman–Crippen LogP) is 4.23. The van der Waals surface area contributed by atoms with Gasteiger partial charge in [0.2, 0.25) is 0 Å². The van der Waals surface area contributed by atoms with Crippen LogP contribution in [0, 0.1) is 5.92 Å². The molecule has 0 radical (unpaired) electrons. The van der Waals surface area contributed by atoms with Gasteiger partial charge in [0.1, 0.15) is 0 Å². The van der Waals surface area contributed by atoms with E-state index in [1.54, 1.807) is 11.3 Å². The lowest BCUT2D eigenvalue weighted by atomic mass is 9.96. The molecule has 2 rings (SSSR count). The van der Waals surface area contributed by atoms with Crippen molar-refractivity contribution in [3.8, 4) is 0 Å². The Morgan fingerprint density at radius 1 is 1.14 bits per heavy atom. The summed E-state index contributed by atoms with van der Waals surface area (Å²) in [5, 5.41) is 5.59. The van der Waals surface area contributed by atoms with E-state index in [-0.39, 0.29) is 11.3 Å². The lowest BCUT2D eigenvalue weighted by molar-refractivity contribution is 0.443. The molecule has 3 unspecified atom stereocenters. The van der Waals surface area contributed by atoms with Crippen LogP contribution < -0.4 is 5.32 Å². The molecule has 0 fully saturated rings. The third kappa shape index (κ3) is 4.02. The number of thiophene rings is 1. The second-order valence-electron chi connectivity index (χ2n) is 5.38. The van der Waals surface area contributed by atoms with Crippen LogP contribution in [0.5, 0.6) is 0 Å². The normalized spacial score (nSPS) is 15.8. The first-order chi connectivity index (χ1) is 10.1. The SMILES string of the molecule is CCNC(c1ccccc1)C(C(C)C)S(=O)c1cccs1. The van der Waals surface area contributed by atoms with E-state index in [1.807, 2.05) is 35.7 Å². The highest BCUT2D eigenvalue weighted by Gasteiger charge is 2.31. The Morgan fingerprint density at radius 2 is 1.86 bits per heavy atom. The van der Waals surface area contributed by atoms with Gasteiger partial charge in [-0.2, -0.15) is 0 Å². The third-order valence-electron chi connectivity index (χ3n) is 3.51. The molecule has 0 amide bonds. The van der Waals surface area contributed by atoms with Crippen molar-refractivity contribution in [2.75, 3.05) is 6.54 Å². The molecule has 1 heterocycles. The average Bonchev–Trinajstić information content (AvgIpc) is 3.01. The van der Waals surface area contributed by atoms with Gasteiger partial charge in [-0.1, -0.05) is 57.2 Å². The highest BCUT2D eigenvalue weighted by atomic mass is 32.2. The summed E-state index contributed by atoms with van der Waals surface area (Å²) in [5.41, 5.74) is 1.21. The molecule has 1 aromatic carbocycles. The maximum atomic E-state index is 13.0. The van der Waals surface area contributed by atoms with Gasteiger partial charge in [0, 0.05) is 6.04 Å². The quantitative estimate of drug-likeness (QED) is 0.827. The van der Waals surface area contributed by atoms with Crippen LogP contribution in [0.1, 0.15) is 32.4 Å². The summed E-state index contributed by atoms with van der Waals surface area (Å²) < 4.78 is 14.0. The fourth-order valence-corrected chi connectivity index (χ4v) is 5.38. The fourth-order valence-electron chi connectivity index (χ4n) is 2.57. The van der Waals surface area contributed by atoms with Gasteiger partial charge in [0.25, 0.3) is 0 Å². The molecule has 114 valence electrons. The van der Waals surface area contributed by atoms with E-state index in [0.717, 1.165) is 10.8 Å². The smallest absolute Gasteiger partial charge is 0.0914 e. The topological polar surface area (TPSA) is 29.1 Å². The lowest BCUT2D eigenvalue weighted by Crippen LogP contribution is -2.38. The first kappa shape index (κ1) is 16.4. The molecular formula is C17H23NOS2. The molecule has 0 aliphatic heterocycles. The van der Waals surface area contributed by atoms with Crippen LogP contribution in [0.15, 0.2) is 52.1 Å². The van der Waals surface area contributed by atoms with Gasteiger partial charge in [0.05, 0.1) is 20.3 Å². The summed E-state index contributed by atoms with van der Waals surface area (Å²) in [7, 11) is -0.996. The van der Waals surface area contributed by atoms with E-state index < -0.39 is 10.8 Å². The van der Waals surface area contributed by atoms with Crippen molar-refractivity contribution >= 4 is 22.1 Å². The number of benzene rings is 1. The van der Waals surface area contributed by atoms with Crippen molar-refractivity contribution in [3.63, 3.8) is 0 Å². The second-order valence-corrected chi connectivity index (χ2v) is 8.17. The van der Waals surface area contributed by atoms with Crippen molar-refractivity contribution in [1.29, 1.82) is 0 Å². The first-order valence-electron chi connectivity index (χ1n) is 7.37. The van der Waals surface area contributed by atoms with Crippen LogP contribution >= 0.6 is 11.3 Å². The number of hydrogen-bond donors (Lipinski definition) is 1. The molecule has 3 atom stereocenters. The first-order valence-corrected chi connectivity index (χ1v) is 9.46. The van der Waals surface area contributed by atoms with E-state index in [4.69, 9.17) is 0 Å². The maximum absolute atomic E-state index is 13.0. The molecule has 0 spiro atoms. The highest BCUT2D eigenvalue weighted by Crippen LogP contribution is 2.31. The Hall–Kier alpha value is -0.970. The Kier molecular flexibility index (Phi) is 6.15. The van der Waals surface area contributed by atoms with Crippen LogP contribution in [0.4, 0.5) is 0 Å². The predicted molar refractivity (Wildman–Crippen MR) is 92.2 cm³/mol. The highest BCUT2D eigenvalue weighted by molar-refractivity contribution is 7.88. The molecule has 0 aliphatic rings. The van der Waals surface area contributed by atoms with Gasteiger partial charge >= 0.3 is 0 Å². The summed E-state index contributed by atoms with van der Waals surface area (Å²) in [6.45, 7) is 7.28. The number of nitrogens with one attached hydrogen (secondary N) is 1. The largest absolute Gasteiger partial charge is 0.309 e. The molecule has 0 aliphatic carbocycles. The van der Waals surface area contributed by atoms with E-state index in [0.29, 0.717) is 5.92 Å². The Bertz CT molecular complexity index is 551. The molecule has 21 heavy (non-hydrogen) atoms. The van der Waals surface area contributed by atoms with Crippen molar-refractivity contribution < 1.29 is 4.21 Å². The molecule has 2 nitrogen and oxygen atoms in total. The second kappa shape index (κ2) is 7.87. The minimum atomic E-state index is -0.996. The van der Waals surface area contributed by atoms with Crippen LogP contribution in [-0.4, -0.2) is 16.0 Å². The number of rotatable bonds is 7. The van der Waals surface area contributed by atoms with E-state index >= 15 is 0 Å². The van der Waals surface area contributed by atoms with Crippen molar-refractivity contribution in [3.05, 3.63) is 53.4 Å². The van der Waals surface area contributed by atoms with E-state index in [1.165, 1.54) is 5.56 Å². The zero-order valence-electron chi connectivity index (χ0n) is 12.8. The Morgan fingerprint density at radius 3 is 2.38 bits per heavy atom. The van der Waals surface area contributed by atoms with Crippen molar-refractivity contribution in [2.45, 2.75) is 36.3 Å². The zero-order chi connectivity index (χ0) is 15.2. The van der Waals surface area contributed by atoms with E-state index in [9.17, 15) is 4.21 Å². The molecule has 2 aromatic rings. The summed E-state index contributed by atoms with van der Waals surface area (Å²) in [6, 6.07) is 14.4. The number of hydrogen-bond acceptors (Lipinski definition) is 3. The Balaban J connectivity index is 2.35. The molecule has 1 N–H and O–H groups in total. The molecule has 0 saturated carbocycles. The molecule has 4 heteroatoms. The zero-order valence-corrected chi connectivity index (χ0v) is 14.4. The summed E-state index contributed by atoms with van der Waals surface area (Å²) in [5.74, 6) is 0.331. The van der Waals surface area contributed by atoms with Crippen LogP contribution in [0.2, 0.25) is 0 Å². The minimum Gasteiger partial charge on any atom is -0.309 e. The van der Waals surface area contributed by atoms with Crippen LogP contribution in [-0.2, 0) is 10.8 Å². The van der Waals surface area contributed by atoms with Crippen molar-refractivity contribution in [2.24, 2.45) is 5.92 Å². The average molecular weight is 322 g/mol. The molecule has 0 bridgehead atoms. The Labute approximate surface area is 134 Å². The summed E-state index contributed by atoms with van der Waals surface area (Å²) in [6.07, 6.45) is 0. The summed E-state index contributed by atoms with van der Waals surface area (Å²) >= 11 is 1.58. The van der Waals surface area contributed by atoms with Crippen molar-refractivity contribution in [1.82, 2.24) is 5.32 Å². The summed E-state index contributed by atoms with van der Waals surface area (Å²) in [4.78, 5) is 0. The van der Waals surface area contributed by atoms with Gasteiger partial charge < -0.3 is 5.32 Å². The van der Waals surface area contributed by atoms with Gasteiger partial charge in [-0.05, 0) is 29.5 Å². The van der Waals surface area contributed by atoms with Gasteiger partial charge in [0.15, 0.2) is 0 Å². The van der Waals surface area contributed by atoms with Gasteiger partial charge in [-0.25, -0.2) is 0 Å². The maximum Gasteiger partial charge on any atom is 0.0914 e. The van der Waals surface area contributed by atoms with Crippen LogP contribution in [0.25, 0.3) is 0 Å². The third-order valence-corrected chi connectivity index (χ3v) is 6.80. The molecule has 0 saturated heterocycles.